The Hall–Kier alpha value is -0.670. The Balaban J connectivity index is 2.28. The van der Waals surface area contributed by atoms with E-state index in [1.807, 2.05) is 22.6 Å². The number of nitrogens with zero attached hydrogens (tertiary/aromatic N) is 2. The van der Waals surface area contributed by atoms with Crippen molar-refractivity contribution in [2.45, 2.75) is 25.2 Å². The summed E-state index contributed by atoms with van der Waals surface area (Å²) in [7, 11) is 0. The average Bonchev–Trinajstić information content (AvgIpc) is 2.71. The van der Waals surface area contributed by atoms with Crippen LogP contribution in [0.15, 0.2) is 11.0 Å². The first-order chi connectivity index (χ1) is 7.61. The molecule has 0 aliphatic carbocycles. The van der Waals surface area contributed by atoms with Crippen molar-refractivity contribution >= 4 is 28.4 Å². The van der Waals surface area contributed by atoms with E-state index in [0.29, 0.717) is 9.99 Å². The van der Waals surface area contributed by atoms with Gasteiger partial charge in [0.25, 0.3) is 0 Å². The normalized spacial score (nSPS) is 24.9. The van der Waals surface area contributed by atoms with E-state index in [4.69, 9.17) is 15.6 Å². The van der Waals surface area contributed by atoms with E-state index in [0.717, 1.165) is 6.42 Å². The van der Waals surface area contributed by atoms with Crippen LogP contribution in [0.2, 0.25) is 0 Å². The third-order valence-electron chi connectivity index (χ3n) is 2.53. The monoisotopic (exact) mass is 337 g/mol. The van der Waals surface area contributed by atoms with E-state index in [1.165, 1.54) is 4.57 Å². The lowest BCUT2D eigenvalue weighted by Crippen LogP contribution is -2.28. The Morgan fingerprint density at radius 3 is 3.06 bits per heavy atom. The molecule has 0 radical (unpaired) electrons. The lowest BCUT2D eigenvalue weighted by molar-refractivity contribution is -0.0246. The molecule has 3 N–H and O–H groups in total. The van der Waals surface area contributed by atoms with Gasteiger partial charge in [0.2, 0.25) is 0 Å². The van der Waals surface area contributed by atoms with Gasteiger partial charge in [-0.2, -0.15) is 4.98 Å². The topological polar surface area (TPSA) is 90.4 Å². The van der Waals surface area contributed by atoms with Gasteiger partial charge >= 0.3 is 5.69 Å². The SMILES string of the molecule is Nc1nc(=O)n([C@@H]2CC[C@@H](CO)O2)cc1I. The molecule has 1 aliphatic rings. The zero-order chi connectivity index (χ0) is 11.7. The maximum absolute atomic E-state index is 11.6. The molecule has 0 unspecified atom stereocenters. The molecule has 1 saturated heterocycles. The summed E-state index contributed by atoms with van der Waals surface area (Å²) in [6.07, 6.45) is 2.55. The number of ether oxygens (including phenoxy) is 1. The predicted molar refractivity (Wildman–Crippen MR) is 65.9 cm³/mol. The van der Waals surface area contributed by atoms with Crippen molar-refractivity contribution in [3.05, 3.63) is 20.3 Å². The molecular weight excluding hydrogens is 325 g/mol. The number of aliphatic hydroxyl groups excluding tert-OH is 1. The third-order valence-corrected chi connectivity index (χ3v) is 3.36. The van der Waals surface area contributed by atoms with Crippen LogP contribution in [0, 0.1) is 3.57 Å². The summed E-state index contributed by atoms with van der Waals surface area (Å²) in [5.41, 5.74) is 5.11. The molecular formula is C9H12IN3O3. The highest BCUT2D eigenvalue weighted by molar-refractivity contribution is 14.1. The van der Waals surface area contributed by atoms with Crippen molar-refractivity contribution in [1.29, 1.82) is 0 Å². The smallest absolute Gasteiger partial charge is 0.351 e. The van der Waals surface area contributed by atoms with Gasteiger partial charge in [0, 0.05) is 6.20 Å². The van der Waals surface area contributed by atoms with Crippen molar-refractivity contribution < 1.29 is 9.84 Å². The highest BCUT2D eigenvalue weighted by atomic mass is 127. The van der Waals surface area contributed by atoms with Crippen LogP contribution < -0.4 is 11.4 Å². The third kappa shape index (κ3) is 2.20. The summed E-state index contributed by atoms with van der Waals surface area (Å²) < 4.78 is 7.64. The zero-order valence-corrected chi connectivity index (χ0v) is 10.6. The van der Waals surface area contributed by atoms with Crippen LogP contribution in [0.25, 0.3) is 0 Å². The first kappa shape index (κ1) is 11.8. The number of rotatable bonds is 2. The predicted octanol–water partition coefficient (Wildman–Crippen LogP) is 0.1000. The van der Waals surface area contributed by atoms with Gasteiger partial charge in [-0.25, -0.2) is 4.79 Å². The summed E-state index contributed by atoms with van der Waals surface area (Å²) in [6.45, 7) is -0.0231. The number of hydrogen-bond acceptors (Lipinski definition) is 5. The molecule has 2 atom stereocenters. The quantitative estimate of drug-likeness (QED) is 0.747. The van der Waals surface area contributed by atoms with E-state index >= 15 is 0 Å². The van der Waals surface area contributed by atoms with Crippen LogP contribution in [-0.2, 0) is 4.74 Å². The summed E-state index contributed by atoms with van der Waals surface area (Å²) in [5.74, 6) is 0.235. The standard InChI is InChI=1S/C9H12IN3O3/c10-6-3-13(9(15)12-8(6)11)7-2-1-5(4-14)16-7/h3,5,7,14H,1-2,4H2,(H2,11,12,15)/t5-,7-/m0/s1. The number of aromatic nitrogens is 2. The van der Waals surface area contributed by atoms with E-state index in [1.54, 1.807) is 6.20 Å². The van der Waals surface area contributed by atoms with Gasteiger partial charge in [-0.3, -0.25) is 4.57 Å². The van der Waals surface area contributed by atoms with Gasteiger partial charge in [-0.05, 0) is 35.4 Å². The molecule has 0 aromatic carbocycles. The molecule has 2 rings (SSSR count). The van der Waals surface area contributed by atoms with E-state index < -0.39 is 5.69 Å². The molecule has 16 heavy (non-hydrogen) atoms. The molecule has 0 spiro atoms. The van der Waals surface area contributed by atoms with Crippen molar-refractivity contribution in [1.82, 2.24) is 9.55 Å². The Bertz CT molecular complexity index is 448. The summed E-state index contributed by atoms with van der Waals surface area (Å²) in [5, 5.41) is 8.95. The number of nitrogens with two attached hydrogens (primary N) is 1. The molecule has 7 heteroatoms. The van der Waals surface area contributed by atoms with Crippen LogP contribution in [0.4, 0.5) is 5.82 Å². The number of aliphatic hydroxyl groups is 1. The van der Waals surface area contributed by atoms with Crippen LogP contribution in [0.3, 0.4) is 0 Å². The molecule has 6 nitrogen and oxygen atoms in total. The van der Waals surface area contributed by atoms with Gasteiger partial charge in [-0.15, -0.1) is 0 Å². The highest BCUT2D eigenvalue weighted by Gasteiger charge is 2.27. The minimum Gasteiger partial charge on any atom is -0.394 e. The fraction of sp³-hybridized carbons (Fsp3) is 0.556. The molecule has 1 aromatic rings. The van der Waals surface area contributed by atoms with Crippen LogP contribution in [-0.4, -0.2) is 27.4 Å². The largest absolute Gasteiger partial charge is 0.394 e. The minimum absolute atomic E-state index is 0.0231. The number of nitrogen functional groups attached to an aromatic ring is 1. The first-order valence-corrected chi connectivity index (χ1v) is 6.00. The molecule has 1 aromatic heterocycles. The van der Waals surface area contributed by atoms with Crippen molar-refractivity contribution in [3.8, 4) is 0 Å². The fourth-order valence-corrected chi connectivity index (χ4v) is 2.11. The summed E-state index contributed by atoms with van der Waals surface area (Å²) in [4.78, 5) is 15.3. The molecule has 88 valence electrons. The van der Waals surface area contributed by atoms with Crippen molar-refractivity contribution in [2.24, 2.45) is 0 Å². The Morgan fingerprint density at radius 1 is 1.69 bits per heavy atom. The van der Waals surface area contributed by atoms with Gasteiger partial charge in [0.05, 0.1) is 16.3 Å². The second kappa shape index (κ2) is 4.68. The molecule has 1 fully saturated rings. The molecule has 0 bridgehead atoms. The second-order valence-electron chi connectivity index (χ2n) is 3.64. The van der Waals surface area contributed by atoms with E-state index in [9.17, 15) is 4.79 Å². The molecule has 2 heterocycles. The van der Waals surface area contributed by atoms with Crippen LogP contribution in [0.1, 0.15) is 19.1 Å². The Kier molecular flexibility index (Phi) is 3.45. The molecule has 1 aliphatic heterocycles. The minimum atomic E-state index is -0.415. The lowest BCUT2D eigenvalue weighted by Gasteiger charge is -2.15. The number of anilines is 1. The maximum atomic E-state index is 11.6. The Labute approximate surface area is 106 Å². The van der Waals surface area contributed by atoms with Gasteiger partial charge < -0.3 is 15.6 Å². The number of halogens is 1. The first-order valence-electron chi connectivity index (χ1n) is 4.92. The lowest BCUT2D eigenvalue weighted by atomic mass is 10.2. The molecule has 0 amide bonds. The number of hydrogen-bond donors (Lipinski definition) is 2. The zero-order valence-electron chi connectivity index (χ0n) is 8.47. The maximum Gasteiger partial charge on any atom is 0.351 e. The van der Waals surface area contributed by atoms with E-state index in [2.05, 4.69) is 4.98 Å². The fourth-order valence-electron chi connectivity index (χ4n) is 1.69. The Morgan fingerprint density at radius 2 is 2.44 bits per heavy atom. The highest BCUT2D eigenvalue weighted by Crippen LogP contribution is 2.27. The van der Waals surface area contributed by atoms with Gasteiger partial charge in [0.1, 0.15) is 12.0 Å². The second-order valence-corrected chi connectivity index (χ2v) is 4.80. The van der Waals surface area contributed by atoms with Gasteiger partial charge in [-0.1, -0.05) is 0 Å². The van der Waals surface area contributed by atoms with E-state index in [-0.39, 0.29) is 24.8 Å². The summed E-state index contributed by atoms with van der Waals surface area (Å²) >= 11 is 2.02. The van der Waals surface area contributed by atoms with Crippen LogP contribution >= 0.6 is 22.6 Å². The van der Waals surface area contributed by atoms with Gasteiger partial charge in [0.15, 0.2) is 0 Å². The average molecular weight is 337 g/mol. The molecule has 0 saturated carbocycles. The summed E-state index contributed by atoms with van der Waals surface area (Å²) in [6, 6.07) is 0. The van der Waals surface area contributed by atoms with Crippen LogP contribution in [0.5, 0.6) is 0 Å². The van der Waals surface area contributed by atoms with Crippen molar-refractivity contribution in [2.75, 3.05) is 12.3 Å². The van der Waals surface area contributed by atoms with Crippen molar-refractivity contribution in [3.63, 3.8) is 0 Å².